The zero-order valence-electron chi connectivity index (χ0n) is 11.8. The molecule has 0 aromatic heterocycles. The Morgan fingerprint density at radius 3 is 2.86 bits per heavy atom. The van der Waals surface area contributed by atoms with E-state index in [0.29, 0.717) is 28.3 Å². The van der Waals surface area contributed by atoms with Crippen LogP contribution >= 0.6 is 0 Å². The number of ether oxygens (including phenoxy) is 1. The molecule has 2 N–H and O–H groups in total. The maximum Gasteiger partial charge on any atom is 0.262 e. The minimum absolute atomic E-state index is 0.0821. The maximum atomic E-state index is 13.5. The Balaban J connectivity index is 1.80. The zero-order valence-corrected chi connectivity index (χ0v) is 11.8. The van der Waals surface area contributed by atoms with Gasteiger partial charge in [0, 0.05) is 11.3 Å². The first-order valence-electron chi connectivity index (χ1n) is 6.67. The van der Waals surface area contributed by atoms with E-state index in [2.05, 4.69) is 10.6 Å². The van der Waals surface area contributed by atoms with Crippen molar-refractivity contribution in [2.24, 2.45) is 0 Å². The van der Waals surface area contributed by atoms with E-state index >= 15 is 0 Å². The summed E-state index contributed by atoms with van der Waals surface area (Å²) in [6, 6.07) is 9.18. The van der Waals surface area contributed by atoms with Gasteiger partial charge in [-0.1, -0.05) is 6.07 Å². The summed E-state index contributed by atoms with van der Waals surface area (Å²) in [7, 11) is 0. The van der Waals surface area contributed by atoms with Crippen LogP contribution in [0.5, 0.6) is 5.75 Å². The molecule has 0 fully saturated rings. The fraction of sp³-hybridized carbons (Fsp3) is 0.125. The number of aryl methyl sites for hydroxylation is 1. The Kier molecular flexibility index (Phi) is 3.50. The summed E-state index contributed by atoms with van der Waals surface area (Å²) >= 11 is 0. The average molecular weight is 300 g/mol. The van der Waals surface area contributed by atoms with E-state index in [1.54, 1.807) is 31.2 Å². The molecule has 1 heterocycles. The zero-order chi connectivity index (χ0) is 15.7. The first kappa shape index (κ1) is 14.1. The Hall–Kier alpha value is -2.89. The van der Waals surface area contributed by atoms with Crippen LogP contribution in [0.2, 0.25) is 0 Å². The molecule has 0 saturated heterocycles. The van der Waals surface area contributed by atoms with E-state index < -0.39 is 0 Å². The molecule has 1 aliphatic heterocycles. The second-order valence-corrected chi connectivity index (χ2v) is 4.97. The summed E-state index contributed by atoms with van der Waals surface area (Å²) in [5.74, 6) is -0.567. The quantitative estimate of drug-likeness (QED) is 0.896. The summed E-state index contributed by atoms with van der Waals surface area (Å²) < 4.78 is 18.7. The number of carbonyl (C=O) groups is 2. The lowest BCUT2D eigenvalue weighted by molar-refractivity contribution is -0.118. The van der Waals surface area contributed by atoms with Crippen LogP contribution in [0, 0.1) is 12.7 Å². The highest BCUT2D eigenvalue weighted by atomic mass is 19.1. The Labute approximate surface area is 126 Å². The fourth-order valence-electron chi connectivity index (χ4n) is 2.09. The van der Waals surface area contributed by atoms with Crippen LogP contribution in [0.25, 0.3) is 0 Å². The summed E-state index contributed by atoms with van der Waals surface area (Å²) in [6.07, 6.45) is 0. The third-order valence-corrected chi connectivity index (χ3v) is 3.31. The van der Waals surface area contributed by atoms with Gasteiger partial charge in [-0.25, -0.2) is 4.39 Å². The molecule has 2 aromatic rings. The molecule has 6 heteroatoms. The monoisotopic (exact) mass is 300 g/mol. The SMILES string of the molecule is Cc1ccc(NC(=O)c2ccc3c(c2)OCC(=O)N3)cc1F. The van der Waals surface area contributed by atoms with Crippen molar-refractivity contribution in [2.45, 2.75) is 6.92 Å². The second-order valence-electron chi connectivity index (χ2n) is 4.97. The molecule has 5 nitrogen and oxygen atoms in total. The van der Waals surface area contributed by atoms with Gasteiger partial charge in [0.15, 0.2) is 6.61 Å². The van der Waals surface area contributed by atoms with Gasteiger partial charge in [-0.05, 0) is 42.8 Å². The number of benzene rings is 2. The highest BCUT2D eigenvalue weighted by Gasteiger charge is 2.18. The molecule has 2 aromatic carbocycles. The van der Waals surface area contributed by atoms with Crippen LogP contribution in [0.4, 0.5) is 15.8 Å². The highest BCUT2D eigenvalue weighted by molar-refractivity contribution is 6.05. The first-order valence-corrected chi connectivity index (χ1v) is 6.67. The molecule has 3 rings (SSSR count). The van der Waals surface area contributed by atoms with Crippen LogP contribution < -0.4 is 15.4 Å². The lowest BCUT2D eigenvalue weighted by Crippen LogP contribution is -2.25. The molecular weight excluding hydrogens is 287 g/mol. The molecule has 0 atom stereocenters. The summed E-state index contributed by atoms with van der Waals surface area (Å²) in [6.45, 7) is 1.57. The number of hydrogen-bond acceptors (Lipinski definition) is 3. The van der Waals surface area contributed by atoms with Crippen LogP contribution in [0.1, 0.15) is 15.9 Å². The van der Waals surface area contributed by atoms with Gasteiger partial charge in [0.25, 0.3) is 11.8 Å². The predicted molar refractivity (Wildman–Crippen MR) is 79.7 cm³/mol. The number of carbonyl (C=O) groups excluding carboxylic acids is 2. The molecule has 0 aliphatic carbocycles. The van der Waals surface area contributed by atoms with Crippen molar-refractivity contribution >= 4 is 23.2 Å². The summed E-state index contributed by atoms with van der Waals surface area (Å²) in [4.78, 5) is 23.4. The van der Waals surface area contributed by atoms with Crippen LogP contribution in [0.3, 0.4) is 0 Å². The van der Waals surface area contributed by atoms with Crippen molar-refractivity contribution in [2.75, 3.05) is 17.2 Å². The number of anilines is 2. The first-order chi connectivity index (χ1) is 10.5. The van der Waals surface area contributed by atoms with Gasteiger partial charge < -0.3 is 15.4 Å². The fourth-order valence-corrected chi connectivity index (χ4v) is 2.09. The van der Waals surface area contributed by atoms with Gasteiger partial charge in [0.1, 0.15) is 11.6 Å². The van der Waals surface area contributed by atoms with E-state index in [4.69, 9.17) is 4.74 Å². The van der Waals surface area contributed by atoms with Gasteiger partial charge >= 0.3 is 0 Å². The van der Waals surface area contributed by atoms with Crippen molar-refractivity contribution in [3.8, 4) is 5.75 Å². The van der Waals surface area contributed by atoms with Gasteiger partial charge in [-0.3, -0.25) is 9.59 Å². The van der Waals surface area contributed by atoms with Crippen molar-refractivity contribution in [1.29, 1.82) is 0 Å². The van der Waals surface area contributed by atoms with E-state index in [1.165, 1.54) is 12.1 Å². The number of nitrogens with one attached hydrogen (secondary N) is 2. The van der Waals surface area contributed by atoms with Crippen molar-refractivity contribution in [3.63, 3.8) is 0 Å². The molecule has 0 saturated carbocycles. The van der Waals surface area contributed by atoms with E-state index in [9.17, 15) is 14.0 Å². The smallest absolute Gasteiger partial charge is 0.262 e. The van der Waals surface area contributed by atoms with Crippen LogP contribution in [-0.2, 0) is 4.79 Å². The van der Waals surface area contributed by atoms with Gasteiger partial charge in [0.05, 0.1) is 5.69 Å². The average Bonchev–Trinajstić information content (AvgIpc) is 2.50. The Morgan fingerprint density at radius 1 is 1.27 bits per heavy atom. The molecule has 0 unspecified atom stereocenters. The Bertz CT molecular complexity index is 774. The van der Waals surface area contributed by atoms with Gasteiger partial charge in [-0.2, -0.15) is 0 Å². The molecule has 1 aliphatic rings. The third-order valence-electron chi connectivity index (χ3n) is 3.31. The predicted octanol–water partition coefficient (Wildman–Crippen LogP) is 2.72. The van der Waals surface area contributed by atoms with Crippen molar-refractivity contribution < 1.29 is 18.7 Å². The standard InChI is InChI=1S/C16H13FN2O3/c1-9-2-4-11(7-12(9)17)18-16(21)10-3-5-13-14(6-10)22-8-15(20)19-13/h2-7H,8H2,1H3,(H,18,21)(H,19,20). The maximum absolute atomic E-state index is 13.5. The minimum Gasteiger partial charge on any atom is -0.482 e. The largest absolute Gasteiger partial charge is 0.482 e. The second kappa shape index (κ2) is 5.48. The molecule has 0 bridgehead atoms. The lowest BCUT2D eigenvalue weighted by Gasteiger charge is -2.18. The molecule has 0 radical (unpaired) electrons. The topological polar surface area (TPSA) is 67.4 Å². The lowest BCUT2D eigenvalue weighted by atomic mass is 10.1. The number of hydrogen-bond donors (Lipinski definition) is 2. The Morgan fingerprint density at radius 2 is 2.09 bits per heavy atom. The third kappa shape index (κ3) is 2.76. The van der Waals surface area contributed by atoms with Gasteiger partial charge in [-0.15, -0.1) is 0 Å². The minimum atomic E-state index is -0.383. The number of rotatable bonds is 2. The number of fused-ring (bicyclic) bond motifs is 1. The number of halogens is 1. The molecule has 2 amide bonds. The van der Waals surface area contributed by atoms with E-state index in [1.807, 2.05) is 0 Å². The number of amides is 2. The normalized spacial score (nSPS) is 12.9. The summed E-state index contributed by atoms with van der Waals surface area (Å²) in [5, 5.41) is 5.26. The van der Waals surface area contributed by atoms with E-state index in [-0.39, 0.29) is 24.2 Å². The molecule has 0 spiro atoms. The highest BCUT2D eigenvalue weighted by Crippen LogP contribution is 2.28. The van der Waals surface area contributed by atoms with Crippen LogP contribution in [0.15, 0.2) is 36.4 Å². The van der Waals surface area contributed by atoms with Crippen LogP contribution in [-0.4, -0.2) is 18.4 Å². The molecule has 22 heavy (non-hydrogen) atoms. The van der Waals surface area contributed by atoms with Gasteiger partial charge in [0.2, 0.25) is 0 Å². The van der Waals surface area contributed by atoms with Crippen molar-refractivity contribution in [3.05, 3.63) is 53.3 Å². The van der Waals surface area contributed by atoms with Crippen molar-refractivity contribution in [1.82, 2.24) is 0 Å². The van der Waals surface area contributed by atoms with E-state index in [0.717, 1.165) is 0 Å². The molecular formula is C16H13FN2O3. The molecule has 112 valence electrons. The summed E-state index contributed by atoms with van der Waals surface area (Å²) in [5.41, 5.74) is 1.76.